The van der Waals surface area contributed by atoms with Gasteiger partial charge in [-0.25, -0.2) is 0 Å². The Kier molecular flexibility index (Phi) is 3.65. The van der Waals surface area contributed by atoms with Crippen molar-refractivity contribution in [1.29, 1.82) is 0 Å². The standard InChI is InChI=1S/C14H17NO3/c1-10-4-2-3-5-11(10)8-13(16)15(9-14(17)18)12-6-7-12/h2-5,12H,6-9H2,1H3,(H,17,18). The fourth-order valence-electron chi connectivity index (χ4n) is 2.03. The molecular formula is C14H17NO3. The molecule has 96 valence electrons. The molecule has 0 aliphatic heterocycles. The highest BCUT2D eigenvalue weighted by Gasteiger charge is 2.33. The largest absolute Gasteiger partial charge is 0.480 e. The quantitative estimate of drug-likeness (QED) is 0.860. The zero-order valence-corrected chi connectivity index (χ0v) is 10.4. The number of hydrogen-bond donors (Lipinski definition) is 1. The molecule has 18 heavy (non-hydrogen) atoms. The van der Waals surface area contributed by atoms with Crippen LogP contribution in [0.1, 0.15) is 24.0 Å². The van der Waals surface area contributed by atoms with Crippen LogP contribution < -0.4 is 0 Å². The number of carboxylic acids is 1. The molecule has 2 rings (SSSR count). The van der Waals surface area contributed by atoms with Crippen LogP contribution in [0.4, 0.5) is 0 Å². The lowest BCUT2D eigenvalue weighted by Gasteiger charge is -2.20. The predicted molar refractivity (Wildman–Crippen MR) is 67.3 cm³/mol. The Morgan fingerprint density at radius 3 is 2.56 bits per heavy atom. The van der Waals surface area contributed by atoms with Crippen molar-refractivity contribution in [3.05, 3.63) is 35.4 Å². The Labute approximate surface area is 106 Å². The highest BCUT2D eigenvalue weighted by Crippen LogP contribution is 2.27. The second-order valence-electron chi connectivity index (χ2n) is 4.75. The topological polar surface area (TPSA) is 57.6 Å². The first kappa shape index (κ1) is 12.6. The van der Waals surface area contributed by atoms with E-state index in [0.29, 0.717) is 0 Å². The van der Waals surface area contributed by atoms with E-state index in [-0.39, 0.29) is 24.9 Å². The minimum absolute atomic E-state index is 0.0887. The van der Waals surface area contributed by atoms with Crippen molar-refractivity contribution < 1.29 is 14.7 Å². The second-order valence-corrected chi connectivity index (χ2v) is 4.75. The summed E-state index contributed by atoms with van der Waals surface area (Å²) in [6.07, 6.45) is 2.13. The van der Waals surface area contributed by atoms with Crippen LogP contribution in [0.3, 0.4) is 0 Å². The fourth-order valence-corrected chi connectivity index (χ4v) is 2.03. The lowest BCUT2D eigenvalue weighted by molar-refractivity contribution is -0.144. The van der Waals surface area contributed by atoms with E-state index in [1.165, 1.54) is 4.90 Å². The minimum atomic E-state index is -0.944. The van der Waals surface area contributed by atoms with Crippen LogP contribution in [0.2, 0.25) is 0 Å². The molecule has 0 heterocycles. The molecule has 1 aliphatic carbocycles. The first-order valence-electron chi connectivity index (χ1n) is 6.13. The highest BCUT2D eigenvalue weighted by molar-refractivity contribution is 5.83. The smallest absolute Gasteiger partial charge is 0.323 e. The molecule has 0 atom stereocenters. The summed E-state index contributed by atoms with van der Waals surface area (Å²) in [4.78, 5) is 24.4. The summed E-state index contributed by atoms with van der Waals surface area (Å²) in [5, 5.41) is 8.84. The molecule has 1 fully saturated rings. The van der Waals surface area contributed by atoms with Gasteiger partial charge in [0.2, 0.25) is 5.91 Å². The van der Waals surface area contributed by atoms with Gasteiger partial charge in [-0.1, -0.05) is 24.3 Å². The van der Waals surface area contributed by atoms with Crippen molar-refractivity contribution in [2.24, 2.45) is 0 Å². The van der Waals surface area contributed by atoms with Crippen LogP contribution in [0.15, 0.2) is 24.3 Å². The first-order valence-corrected chi connectivity index (χ1v) is 6.13. The van der Waals surface area contributed by atoms with Gasteiger partial charge in [-0.15, -0.1) is 0 Å². The molecule has 4 heteroatoms. The zero-order valence-electron chi connectivity index (χ0n) is 10.4. The lowest BCUT2D eigenvalue weighted by atomic mass is 10.1. The number of benzene rings is 1. The molecule has 1 aliphatic rings. The van der Waals surface area contributed by atoms with Crippen molar-refractivity contribution in [3.63, 3.8) is 0 Å². The molecule has 0 saturated heterocycles. The van der Waals surface area contributed by atoms with Gasteiger partial charge < -0.3 is 10.0 Å². The number of carbonyl (C=O) groups excluding carboxylic acids is 1. The Morgan fingerprint density at radius 1 is 1.33 bits per heavy atom. The van der Waals surface area contributed by atoms with E-state index in [1.807, 2.05) is 31.2 Å². The van der Waals surface area contributed by atoms with Crippen LogP contribution in [0.5, 0.6) is 0 Å². The van der Waals surface area contributed by atoms with Gasteiger partial charge in [0.05, 0.1) is 6.42 Å². The molecule has 4 nitrogen and oxygen atoms in total. The molecule has 0 unspecified atom stereocenters. The van der Waals surface area contributed by atoms with Crippen LogP contribution >= 0.6 is 0 Å². The number of aryl methyl sites for hydroxylation is 1. The molecule has 1 N–H and O–H groups in total. The second kappa shape index (κ2) is 5.21. The molecule has 0 bridgehead atoms. The molecule has 1 aromatic rings. The number of amides is 1. The van der Waals surface area contributed by atoms with Crippen LogP contribution in [-0.2, 0) is 16.0 Å². The van der Waals surface area contributed by atoms with Gasteiger partial charge in [-0.05, 0) is 30.9 Å². The molecule has 1 aromatic carbocycles. The van der Waals surface area contributed by atoms with E-state index in [2.05, 4.69) is 0 Å². The Morgan fingerprint density at radius 2 is 2.00 bits per heavy atom. The Bertz CT molecular complexity index is 466. The van der Waals surface area contributed by atoms with Gasteiger partial charge in [0.25, 0.3) is 0 Å². The van der Waals surface area contributed by atoms with Gasteiger partial charge in [0.15, 0.2) is 0 Å². The number of carboxylic acid groups (broad SMARTS) is 1. The van der Waals surface area contributed by atoms with E-state index < -0.39 is 5.97 Å². The molecule has 0 aromatic heterocycles. The van der Waals surface area contributed by atoms with Crippen LogP contribution in [0.25, 0.3) is 0 Å². The van der Waals surface area contributed by atoms with E-state index in [1.54, 1.807) is 0 Å². The SMILES string of the molecule is Cc1ccccc1CC(=O)N(CC(=O)O)C1CC1. The van der Waals surface area contributed by atoms with Crippen molar-refractivity contribution in [3.8, 4) is 0 Å². The highest BCUT2D eigenvalue weighted by atomic mass is 16.4. The maximum atomic E-state index is 12.1. The maximum absolute atomic E-state index is 12.1. The van der Waals surface area contributed by atoms with E-state index in [9.17, 15) is 9.59 Å². The summed E-state index contributed by atoms with van der Waals surface area (Å²) in [7, 11) is 0. The third-order valence-corrected chi connectivity index (χ3v) is 3.22. The normalized spacial score (nSPS) is 14.3. The number of carbonyl (C=O) groups is 2. The number of nitrogens with zero attached hydrogens (tertiary/aromatic N) is 1. The molecule has 1 saturated carbocycles. The third kappa shape index (κ3) is 3.09. The molecular weight excluding hydrogens is 230 g/mol. The minimum Gasteiger partial charge on any atom is -0.480 e. The average molecular weight is 247 g/mol. The predicted octanol–water partition coefficient (Wildman–Crippen LogP) is 1.61. The summed E-state index contributed by atoms with van der Waals surface area (Å²) in [6.45, 7) is 1.77. The van der Waals surface area contributed by atoms with Gasteiger partial charge in [-0.3, -0.25) is 9.59 Å². The third-order valence-electron chi connectivity index (χ3n) is 3.22. The van der Waals surface area contributed by atoms with E-state index >= 15 is 0 Å². The van der Waals surface area contributed by atoms with Crippen molar-refractivity contribution >= 4 is 11.9 Å². The van der Waals surface area contributed by atoms with E-state index in [0.717, 1.165) is 24.0 Å². The number of rotatable bonds is 5. The van der Waals surface area contributed by atoms with Crippen LogP contribution in [0, 0.1) is 6.92 Å². The Hall–Kier alpha value is -1.84. The molecule has 0 radical (unpaired) electrons. The summed E-state index contributed by atoms with van der Waals surface area (Å²) < 4.78 is 0. The first-order chi connectivity index (χ1) is 8.58. The monoisotopic (exact) mass is 247 g/mol. The van der Waals surface area contributed by atoms with Gasteiger partial charge in [0.1, 0.15) is 6.54 Å². The Balaban J connectivity index is 2.05. The number of hydrogen-bond acceptors (Lipinski definition) is 2. The summed E-state index contributed by atoms with van der Waals surface area (Å²) in [5.74, 6) is -1.03. The molecule has 1 amide bonds. The van der Waals surface area contributed by atoms with Crippen molar-refractivity contribution in [1.82, 2.24) is 4.90 Å². The molecule has 0 spiro atoms. The van der Waals surface area contributed by atoms with Gasteiger partial charge in [0, 0.05) is 6.04 Å². The van der Waals surface area contributed by atoms with Gasteiger partial charge >= 0.3 is 5.97 Å². The average Bonchev–Trinajstić information content (AvgIpc) is 3.12. The lowest BCUT2D eigenvalue weighted by Crippen LogP contribution is -2.38. The van der Waals surface area contributed by atoms with E-state index in [4.69, 9.17) is 5.11 Å². The fraction of sp³-hybridized carbons (Fsp3) is 0.429. The van der Waals surface area contributed by atoms with Crippen molar-refractivity contribution in [2.45, 2.75) is 32.2 Å². The summed E-state index contributed by atoms with van der Waals surface area (Å²) >= 11 is 0. The maximum Gasteiger partial charge on any atom is 0.323 e. The van der Waals surface area contributed by atoms with Crippen LogP contribution in [-0.4, -0.2) is 34.5 Å². The summed E-state index contributed by atoms with van der Waals surface area (Å²) in [6, 6.07) is 7.84. The summed E-state index contributed by atoms with van der Waals surface area (Å²) in [5.41, 5.74) is 2.04. The van der Waals surface area contributed by atoms with Gasteiger partial charge in [-0.2, -0.15) is 0 Å². The van der Waals surface area contributed by atoms with Crippen molar-refractivity contribution in [2.75, 3.05) is 6.54 Å². The zero-order chi connectivity index (χ0) is 13.1. The number of aliphatic carboxylic acids is 1.